The van der Waals surface area contributed by atoms with E-state index in [1.165, 1.54) is 0 Å². The maximum atomic E-state index is 12.5. The third-order valence-corrected chi connectivity index (χ3v) is 7.34. The first-order valence-corrected chi connectivity index (χ1v) is 14.6. The van der Waals surface area contributed by atoms with Gasteiger partial charge in [-0.3, -0.25) is 14.6 Å². The van der Waals surface area contributed by atoms with Gasteiger partial charge in [-0.2, -0.15) is 0 Å². The first-order chi connectivity index (χ1) is 20.4. The molecular weight excluding hydrogens is 534 g/mol. The van der Waals surface area contributed by atoms with Gasteiger partial charge in [0.25, 0.3) is 0 Å². The van der Waals surface area contributed by atoms with E-state index in [9.17, 15) is 14.7 Å². The smallest absolute Gasteiger partial charge is 0.303 e. The fourth-order valence-electron chi connectivity index (χ4n) is 5.05. The summed E-state index contributed by atoms with van der Waals surface area (Å²) in [6.45, 7) is 1.55. The summed E-state index contributed by atoms with van der Waals surface area (Å²) in [5.41, 5.74) is 4.39. The molecule has 0 unspecified atom stereocenters. The number of aliphatic carboxylic acids is 1. The van der Waals surface area contributed by atoms with Crippen molar-refractivity contribution in [2.75, 3.05) is 25.5 Å². The number of aliphatic hydroxyl groups is 1. The van der Waals surface area contributed by atoms with E-state index in [-0.39, 0.29) is 31.1 Å². The molecule has 0 bridgehead atoms. The zero-order valence-corrected chi connectivity index (χ0v) is 24.2. The number of anilines is 1. The van der Waals surface area contributed by atoms with E-state index in [2.05, 4.69) is 22.2 Å². The molecule has 9 nitrogen and oxygen atoms in total. The molecule has 2 heterocycles. The van der Waals surface area contributed by atoms with Crippen molar-refractivity contribution in [3.63, 3.8) is 0 Å². The van der Waals surface area contributed by atoms with Gasteiger partial charge in [0.15, 0.2) is 6.29 Å². The number of amides is 1. The Labute approximate surface area is 247 Å². The van der Waals surface area contributed by atoms with Crippen molar-refractivity contribution in [3.05, 3.63) is 95.3 Å². The molecule has 0 spiro atoms. The highest BCUT2D eigenvalue weighted by atomic mass is 16.7. The van der Waals surface area contributed by atoms with Crippen LogP contribution in [0.5, 0.6) is 0 Å². The van der Waals surface area contributed by atoms with Crippen molar-refractivity contribution in [1.82, 2.24) is 9.88 Å². The number of nitrogens with one attached hydrogen (secondary N) is 1. The number of likely N-dealkylation sites (N-methyl/N-ethyl adjacent to an activating group) is 1. The monoisotopic (exact) mass is 575 g/mol. The Kier molecular flexibility index (Phi) is 12.0. The van der Waals surface area contributed by atoms with Crippen LogP contribution in [-0.4, -0.2) is 58.2 Å². The van der Waals surface area contributed by atoms with Gasteiger partial charge in [-0.1, -0.05) is 48.9 Å². The molecule has 3 N–H and O–H groups in total. The number of carboxylic acid groups (broad SMARTS) is 1. The SMILES string of the molecule is CN(CCc1ccccn1)C[C@@H]1C[C@H](c2ccc(CO)cc2)O[C@H](c2cccc(NC(=O)CCCCCC(=O)O)c2)O1. The number of benzene rings is 2. The highest BCUT2D eigenvalue weighted by Crippen LogP contribution is 2.38. The average Bonchev–Trinajstić information content (AvgIpc) is 3.00. The molecule has 1 aromatic heterocycles. The molecule has 3 atom stereocenters. The summed E-state index contributed by atoms with van der Waals surface area (Å²) < 4.78 is 13.0. The van der Waals surface area contributed by atoms with Crippen LogP contribution < -0.4 is 5.32 Å². The molecule has 1 aliphatic heterocycles. The number of nitrogens with zero attached hydrogens (tertiary/aromatic N) is 2. The second-order valence-electron chi connectivity index (χ2n) is 10.8. The molecule has 2 aromatic carbocycles. The number of rotatable bonds is 15. The number of pyridine rings is 1. The predicted octanol–water partition coefficient (Wildman–Crippen LogP) is 5.27. The second-order valence-corrected chi connectivity index (χ2v) is 10.8. The van der Waals surface area contributed by atoms with Gasteiger partial charge in [-0.05, 0) is 55.3 Å². The minimum Gasteiger partial charge on any atom is -0.481 e. The highest BCUT2D eigenvalue weighted by molar-refractivity contribution is 5.90. The van der Waals surface area contributed by atoms with Crippen LogP contribution in [0.4, 0.5) is 5.69 Å². The van der Waals surface area contributed by atoms with Gasteiger partial charge in [0.1, 0.15) is 0 Å². The molecule has 1 fully saturated rings. The van der Waals surface area contributed by atoms with E-state index >= 15 is 0 Å². The van der Waals surface area contributed by atoms with Crippen LogP contribution in [0.2, 0.25) is 0 Å². The molecule has 0 saturated carbocycles. The van der Waals surface area contributed by atoms with Crippen LogP contribution in [0.1, 0.15) is 73.3 Å². The zero-order chi connectivity index (χ0) is 29.7. The van der Waals surface area contributed by atoms with E-state index in [1.807, 2.05) is 72.9 Å². The van der Waals surface area contributed by atoms with Crippen LogP contribution >= 0.6 is 0 Å². The molecule has 1 aliphatic rings. The number of carboxylic acids is 1. The van der Waals surface area contributed by atoms with Crippen LogP contribution in [0, 0.1) is 0 Å². The average molecular weight is 576 g/mol. The minimum atomic E-state index is -0.814. The molecule has 0 radical (unpaired) electrons. The lowest BCUT2D eigenvalue weighted by Gasteiger charge is -2.38. The number of hydrogen-bond acceptors (Lipinski definition) is 7. The number of ether oxygens (including phenoxy) is 2. The summed E-state index contributed by atoms with van der Waals surface area (Å²) in [6.07, 6.45) is 4.78. The standard InChI is InChI=1S/C33H41N3O6/c1-36(19-17-27-9-5-6-18-34-27)22-29-21-30(25-15-13-24(23-37)14-16-25)42-33(41-29)26-8-7-10-28(20-26)35-31(38)11-3-2-4-12-32(39)40/h5-10,13-16,18,20,29-30,33,37H,2-4,11-12,17,19,21-23H2,1H3,(H,35,38)(H,39,40)/t29-,30+,33+/m0/s1. The zero-order valence-electron chi connectivity index (χ0n) is 24.2. The Hall–Kier alpha value is -3.63. The maximum Gasteiger partial charge on any atom is 0.303 e. The Morgan fingerprint density at radius 1 is 0.976 bits per heavy atom. The summed E-state index contributed by atoms with van der Waals surface area (Å²) in [7, 11) is 2.08. The van der Waals surface area contributed by atoms with Gasteiger partial charge in [0.05, 0.1) is 18.8 Å². The van der Waals surface area contributed by atoms with E-state index in [0.717, 1.165) is 41.9 Å². The van der Waals surface area contributed by atoms with Gasteiger partial charge < -0.3 is 29.9 Å². The van der Waals surface area contributed by atoms with E-state index in [0.29, 0.717) is 37.8 Å². The Bertz CT molecular complexity index is 1270. The summed E-state index contributed by atoms with van der Waals surface area (Å²) >= 11 is 0. The van der Waals surface area contributed by atoms with Crippen LogP contribution in [-0.2, 0) is 32.1 Å². The Balaban J connectivity index is 1.41. The molecule has 1 saturated heterocycles. The number of aromatic nitrogens is 1. The van der Waals surface area contributed by atoms with Crippen molar-refractivity contribution in [2.24, 2.45) is 0 Å². The lowest BCUT2D eigenvalue weighted by Crippen LogP contribution is -2.38. The third kappa shape index (κ3) is 10.0. The fourth-order valence-corrected chi connectivity index (χ4v) is 5.05. The van der Waals surface area contributed by atoms with Crippen molar-refractivity contribution in [1.29, 1.82) is 0 Å². The van der Waals surface area contributed by atoms with E-state index in [1.54, 1.807) is 0 Å². The van der Waals surface area contributed by atoms with E-state index in [4.69, 9.17) is 14.6 Å². The number of unbranched alkanes of at least 4 members (excludes halogenated alkanes) is 2. The summed E-state index contributed by atoms with van der Waals surface area (Å²) in [6, 6.07) is 21.3. The second kappa shape index (κ2) is 16.1. The van der Waals surface area contributed by atoms with Crippen molar-refractivity contribution < 1.29 is 29.3 Å². The van der Waals surface area contributed by atoms with Crippen molar-refractivity contribution in [2.45, 2.75) is 70.1 Å². The quantitative estimate of drug-likeness (QED) is 0.210. The molecule has 224 valence electrons. The lowest BCUT2D eigenvalue weighted by molar-refractivity contribution is -0.252. The normalized spacial score (nSPS) is 18.6. The lowest BCUT2D eigenvalue weighted by atomic mass is 9.99. The molecule has 9 heteroatoms. The van der Waals surface area contributed by atoms with Crippen molar-refractivity contribution in [3.8, 4) is 0 Å². The number of aliphatic hydroxyl groups excluding tert-OH is 1. The van der Waals surface area contributed by atoms with Crippen LogP contribution in [0.25, 0.3) is 0 Å². The van der Waals surface area contributed by atoms with E-state index < -0.39 is 12.3 Å². The van der Waals surface area contributed by atoms with Crippen LogP contribution in [0.3, 0.4) is 0 Å². The van der Waals surface area contributed by atoms with Crippen molar-refractivity contribution >= 4 is 17.6 Å². The molecule has 4 rings (SSSR count). The largest absolute Gasteiger partial charge is 0.481 e. The summed E-state index contributed by atoms with van der Waals surface area (Å²) in [5, 5.41) is 21.2. The number of carbonyl (C=O) groups is 2. The van der Waals surface area contributed by atoms with Gasteiger partial charge in [0.2, 0.25) is 5.91 Å². The number of carbonyl (C=O) groups excluding carboxylic acids is 1. The fraction of sp³-hybridized carbons (Fsp3) is 0.424. The topological polar surface area (TPSA) is 121 Å². The molecular formula is C33H41N3O6. The summed E-state index contributed by atoms with van der Waals surface area (Å²) in [4.78, 5) is 29.9. The summed E-state index contributed by atoms with van der Waals surface area (Å²) in [5.74, 6) is -0.923. The van der Waals surface area contributed by atoms with Gasteiger partial charge >= 0.3 is 5.97 Å². The predicted molar refractivity (Wildman–Crippen MR) is 160 cm³/mol. The highest BCUT2D eigenvalue weighted by Gasteiger charge is 2.33. The minimum absolute atomic E-state index is 0.0118. The maximum absolute atomic E-state index is 12.5. The number of hydrogen-bond donors (Lipinski definition) is 3. The van der Waals surface area contributed by atoms with Gasteiger partial charge in [-0.25, -0.2) is 0 Å². The third-order valence-electron chi connectivity index (χ3n) is 7.34. The Morgan fingerprint density at radius 3 is 2.52 bits per heavy atom. The molecule has 1 amide bonds. The first-order valence-electron chi connectivity index (χ1n) is 14.6. The van der Waals surface area contributed by atoms with Gasteiger partial charge in [-0.15, -0.1) is 0 Å². The molecule has 0 aliphatic carbocycles. The van der Waals surface area contributed by atoms with Gasteiger partial charge in [0, 0.05) is 61.9 Å². The Morgan fingerprint density at radius 2 is 1.79 bits per heavy atom. The first kappa shape index (κ1) is 31.3. The van der Waals surface area contributed by atoms with Crippen LogP contribution in [0.15, 0.2) is 72.9 Å². The molecule has 3 aromatic rings. The molecule has 42 heavy (non-hydrogen) atoms.